The zero-order valence-electron chi connectivity index (χ0n) is 23.2. The van der Waals surface area contributed by atoms with Gasteiger partial charge in [0.1, 0.15) is 12.1 Å². The second kappa shape index (κ2) is 13.3. The monoisotopic (exact) mass is 561 g/mol. The highest BCUT2D eigenvalue weighted by atomic mass is 16.5. The third-order valence-corrected chi connectivity index (χ3v) is 6.36. The van der Waals surface area contributed by atoms with Gasteiger partial charge in [-0.15, -0.1) is 0 Å². The molecule has 5 rings (SSSR count). The maximum Gasteiger partial charge on any atom is 0.255 e. The first kappa shape index (κ1) is 28.2. The van der Waals surface area contributed by atoms with E-state index in [4.69, 9.17) is 4.74 Å². The van der Waals surface area contributed by atoms with Gasteiger partial charge >= 0.3 is 0 Å². The number of nitrogens with zero attached hydrogens (tertiary/aromatic N) is 4. The van der Waals surface area contributed by atoms with Gasteiger partial charge in [-0.3, -0.25) is 14.5 Å². The third kappa shape index (κ3) is 7.64. The molecule has 10 heteroatoms. The molecule has 0 fully saturated rings. The van der Waals surface area contributed by atoms with Crippen LogP contribution >= 0.6 is 0 Å². The van der Waals surface area contributed by atoms with Gasteiger partial charge in [-0.25, -0.2) is 9.97 Å². The quantitative estimate of drug-likeness (QED) is 0.223. The number of amides is 2. The summed E-state index contributed by atoms with van der Waals surface area (Å²) in [6.07, 6.45) is 7.67. The van der Waals surface area contributed by atoms with Crippen molar-refractivity contribution in [1.29, 1.82) is 0 Å². The van der Waals surface area contributed by atoms with E-state index in [2.05, 4.69) is 54.5 Å². The average molecular weight is 562 g/mol. The van der Waals surface area contributed by atoms with Crippen molar-refractivity contribution in [3.63, 3.8) is 0 Å². The molecule has 212 valence electrons. The molecular weight excluding hydrogens is 530 g/mol. The summed E-state index contributed by atoms with van der Waals surface area (Å²) in [6, 6.07) is 20.1. The van der Waals surface area contributed by atoms with Crippen molar-refractivity contribution in [1.82, 2.24) is 19.9 Å². The minimum absolute atomic E-state index is 0.282. The van der Waals surface area contributed by atoms with Crippen LogP contribution < -0.4 is 20.7 Å². The molecule has 42 heavy (non-hydrogen) atoms. The van der Waals surface area contributed by atoms with Crippen molar-refractivity contribution < 1.29 is 14.3 Å². The Morgan fingerprint density at radius 3 is 2.69 bits per heavy atom. The first-order valence-electron chi connectivity index (χ1n) is 13.5. The van der Waals surface area contributed by atoms with E-state index in [0.717, 1.165) is 29.8 Å². The van der Waals surface area contributed by atoms with Crippen LogP contribution in [0.3, 0.4) is 0 Å². The SMILES string of the molecule is C=CC(=O)Nc1ccc(C(=O)Nc2cc3cc(c2)Nc2ncnc(n2)-c2cccc(c2)OCC/C=C/CN(C)C3)cc1. The molecule has 3 aromatic carbocycles. The fourth-order valence-electron chi connectivity index (χ4n) is 4.37. The number of fused-ring (bicyclic) bond motifs is 7. The van der Waals surface area contributed by atoms with E-state index >= 15 is 0 Å². The molecule has 0 atom stereocenters. The van der Waals surface area contributed by atoms with Gasteiger partial charge in [-0.05, 0) is 79.7 Å². The number of hydrogen-bond acceptors (Lipinski definition) is 8. The van der Waals surface area contributed by atoms with E-state index in [1.165, 1.54) is 12.4 Å². The van der Waals surface area contributed by atoms with Gasteiger partial charge in [0.25, 0.3) is 5.91 Å². The summed E-state index contributed by atoms with van der Waals surface area (Å²) < 4.78 is 5.92. The van der Waals surface area contributed by atoms with E-state index in [9.17, 15) is 9.59 Å². The summed E-state index contributed by atoms with van der Waals surface area (Å²) in [4.78, 5) is 40.1. The van der Waals surface area contributed by atoms with Gasteiger partial charge in [-0.2, -0.15) is 4.98 Å². The van der Waals surface area contributed by atoms with Gasteiger partial charge in [0.05, 0.1) is 6.61 Å². The Bertz CT molecular complexity index is 1620. The van der Waals surface area contributed by atoms with E-state index in [1.54, 1.807) is 24.3 Å². The molecule has 0 saturated carbocycles. The number of ether oxygens (including phenoxy) is 1. The van der Waals surface area contributed by atoms with Crippen LogP contribution in [-0.4, -0.2) is 51.9 Å². The molecule has 6 bridgehead atoms. The van der Waals surface area contributed by atoms with E-state index in [1.807, 2.05) is 49.5 Å². The minimum atomic E-state index is -0.319. The maximum absolute atomic E-state index is 13.1. The summed E-state index contributed by atoms with van der Waals surface area (Å²) >= 11 is 0. The average Bonchev–Trinajstić information content (AvgIpc) is 2.99. The number of aromatic nitrogens is 3. The number of carbonyl (C=O) groups is 2. The number of hydrogen-bond donors (Lipinski definition) is 3. The zero-order valence-corrected chi connectivity index (χ0v) is 23.2. The highest BCUT2D eigenvalue weighted by Gasteiger charge is 2.12. The van der Waals surface area contributed by atoms with Crippen LogP contribution in [0.25, 0.3) is 11.4 Å². The Hall–Kier alpha value is -5.35. The van der Waals surface area contributed by atoms with Gasteiger partial charge < -0.3 is 20.7 Å². The number of benzene rings is 3. The van der Waals surface area contributed by atoms with Gasteiger partial charge in [0, 0.05) is 41.3 Å². The number of likely N-dealkylation sites (N-methyl/N-ethyl adjacent to an activating group) is 1. The first-order valence-corrected chi connectivity index (χ1v) is 13.5. The third-order valence-electron chi connectivity index (χ3n) is 6.36. The van der Waals surface area contributed by atoms with Crippen molar-refractivity contribution in [3.05, 3.63) is 109 Å². The van der Waals surface area contributed by atoms with Crippen LogP contribution in [0.4, 0.5) is 23.0 Å². The lowest BCUT2D eigenvalue weighted by molar-refractivity contribution is -0.111. The van der Waals surface area contributed by atoms with E-state index in [-0.39, 0.29) is 11.8 Å². The molecule has 0 saturated heterocycles. The van der Waals surface area contributed by atoms with Crippen LogP contribution in [-0.2, 0) is 11.3 Å². The summed E-state index contributed by atoms with van der Waals surface area (Å²) in [5, 5.41) is 8.93. The molecular formula is C32H31N7O3. The molecule has 1 aliphatic heterocycles. The summed E-state index contributed by atoms with van der Waals surface area (Å²) in [5.41, 5.74) is 4.15. The predicted octanol–water partition coefficient (Wildman–Crippen LogP) is 5.43. The molecule has 2 heterocycles. The van der Waals surface area contributed by atoms with Crippen LogP contribution in [0.15, 0.2) is 97.9 Å². The van der Waals surface area contributed by atoms with Crippen molar-refractivity contribution in [2.24, 2.45) is 0 Å². The molecule has 0 aliphatic carbocycles. The first-order chi connectivity index (χ1) is 20.4. The summed E-state index contributed by atoms with van der Waals surface area (Å²) in [7, 11) is 2.04. The Kier molecular flexibility index (Phi) is 8.95. The van der Waals surface area contributed by atoms with Gasteiger partial charge in [-0.1, -0.05) is 30.9 Å². The molecule has 3 N–H and O–H groups in total. The fraction of sp³-hybridized carbons (Fsp3) is 0.156. The summed E-state index contributed by atoms with van der Waals surface area (Å²) in [6.45, 7) is 5.40. The second-order valence-electron chi connectivity index (χ2n) is 9.73. The molecule has 4 aromatic rings. The van der Waals surface area contributed by atoms with Gasteiger partial charge in [0.15, 0.2) is 5.82 Å². The molecule has 0 spiro atoms. The van der Waals surface area contributed by atoms with Crippen LogP contribution in [0.2, 0.25) is 0 Å². The number of carbonyl (C=O) groups excluding carboxylic acids is 2. The lowest BCUT2D eigenvalue weighted by Crippen LogP contribution is -2.18. The molecule has 0 unspecified atom stereocenters. The van der Waals surface area contributed by atoms with E-state index < -0.39 is 0 Å². The predicted molar refractivity (Wildman–Crippen MR) is 164 cm³/mol. The second-order valence-corrected chi connectivity index (χ2v) is 9.73. The van der Waals surface area contributed by atoms with Crippen molar-refractivity contribution in [3.8, 4) is 17.1 Å². The highest BCUT2D eigenvalue weighted by molar-refractivity contribution is 6.05. The van der Waals surface area contributed by atoms with Crippen LogP contribution in [0.1, 0.15) is 22.3 Å². The smallest absolute Gasteiger partial charge is 0.255 e. The molecule has 10 nitrogen and oxygen atoms in total. The summed E-state index contributed by atoms with van der Waals surface area (Å²) in [5.74, 6) is 1.03. The van der Waals surface area contributed by atoms with Crippen LogP contribution in [0.5, 0.6) is 5.75 Å². The van der Waals surface area contributed by atoms with Crippen molar-refractivity contribution in [2.45, 2.75) is 13.0 Å². The molecule has 1 aliphatic rings. The lowest BCUT2D eigenvalue weighted by Gasteiger charge is -2.17. The Balaban J connectivity index is 1.43. The van der Waals surface area contributed by atoms with Crippen molar-refractivity contribution in [2.75, 3.05) is 36.1 Å². The Morgan fingerprint density at radius 2 is 1.86 bits per heavy atom. The zero-order chi connectivity index (χ0) is 29.3. The Labute approximate surface area is 244 Å². The molecule has 1 aromatic heterocycles. The molecule has 2 amide bonds. The van der Waals surface area contributed by atoms with Crippen LogP contribution in [0, 0.1) is 0 Å². The normalized spacial score (nSPS) is 14.2. The number of rotatable bonds is 4. The fourth-order valence-corrected chi connectivity index (χ4v) is 4.37. The van der Waals surface area contributed by atoms with Gasteiger partial charge in [0.2, 0.25) is 11.9 Å². The highest BCUT2D eigenvalue weighted by Crippen LogP contribution is 2.25. The topological polar surface area (TPSA) is 121 Å². The number of anilines is 4. The standard InChI is InChI=1S/C32H31N7O3/c1-3-29(40)35-25-12-10-23(11-13-25)31(41)36-26-16-22-17-27(19-26)37-32-34-21-33-30(38-32)24-8-7-9-28(18-24)42-15-6-4-5-14-39(2)20-22/h3-5,7-13,16-19,21H,1,6,14-15,20H2,2H3,(H,35,40)(H,36,41)(H,33,34,37,38)/b5-4+. The number of nitrogens with one attached hydrogen (secondary N) is 3. The minimum Gasteiger partial charge on any atom is -0.493 e. The lowest BCUT2D eigenvalue weighted by atomic mass is 10.1. The molecule has 0 radical (unpaired) electrons. The maximum atomic E-state index is 13.1. The Morgan fingerprint density at radius 1 is 1.00 bits per heavy atom. The van der Waals surface area contributed by atoms with Crippen molar-refractivity contribution >= 4 is 34.8 Å². The van der Waals surface area contributed by atoms with E-state index in [0.29, 0.717) is 47.5 Å². The largest absolute Gasteiger partial charge is 0.493 e.